The third kappa shape index (κ3) is 5.65. The molecule has 0 amide bonds. The van der Waals surface area contributed by atoms with Gasteiger partial charge in [0.1, 0.15) is 11.1 Å². The highest BCUT2D eigenvalue weighted by molar-refractivity contribution is 7.90. The van der Waals surface area contributed by atoms with E-state index in [1.165, 1.54) is 6.92 Å². The van der Waals surface area contributed by atoms with Crippen LogP contribution in [-0.4, -0.2) is 32.0 Å². The Hall–Kier alpha value is -2.19. The van der Waals surface area contributed by atoms with E-state index in [2.05, 4.69) is 10.0 Å². The summed E-state index contributed by atoms with van der Waals surface area (Å²) in [5.74, 6) is -0.323. The number of anilines is 1. The van der Waals surface area contributed by atoms with Crippen LogP contribution < -0.4 is 15.7 Å². The summed E-state index contributed by atoms with van der Waals surface area (Å²) in [6, 6.07) is 6.90. The smallest absolute Gasteiger partial charge is 0.347 e. The minimum Gasteiger partial charge on any atom is -0.422 e. The fourth-order valence-electron chi connectivity index (χ4n) is 2.56. The molecule has 28 heavy (non-hydrogen) atoms. The van der Waals surface area contributed by atoms with Crippen LogP contribution in [0.4, 0.5) is 5.69 Å². The van der Waals surface area contributed by atoms with Gasteiger partial charge in [-0.05, 0) is 64.8 Å². The number of sulfonamides is 1. The van der Waals surface area contributed by atoms with Crippen molar-refractivity contribution in [1.29, 1.82) is 0 Å². The fraction of sp³-hybridized carbons (Fsp3) is 0.500. The number of carbonyl (C=O) groups is 1. The van der Waals surface area contributed by atoms with Crippen LogP contribution >= 0.6 is 0 Å². The molecule has 1 aromatic carbocycles. The van der Waals surface area contributed by atoms with Gasteiger partial charge in [0.2, 0.25) is 10.0 Å². The molecular weight excluding hydrogens is 380 g/mol. The quantitative estimate of drug-likeness (QED) is 0.375. The normalized spacial score (nSPS) is 12.3. The molecule has 2 N–H and O–H groups in total. The van der Waals surface area contributed by atoms with Crippen LogP contribution in [0.3, 0.4) is 0 Å². The van der Waals surface area contributed by atoms with Crippen LogP contribution in [0.15, 0.2) is 33.5 Å². The number of Topliss-reactive ketones (excluding diaryl/α,β-unsaturated/α-hetero) is 1. The van der Waals surface area contributed by atoms with Crippen molar-refractivity contribution >= 4 is 32.5 Å². The molecule has 0 saturated heterocycles. The summed E-state index contributed by atoms with van der Waals surface area (Å²) < 4.78 is 30.9. The van der Waals surface area contributed by atoms with Crippen molar-refractivity contribution in [3.63, 3.8) is 0 Å². The standard InChI is InChI=1S/C20H28N2O5S/c1-14(23)17-13-15-12-16(8-9-18(15)27-19(17)24)21-10-6-5-7-11-22-28(25,26)20(2,3)4/h8-9,12-13,21-22H,5-7,10-11H2,1-4H3. The minimum absolute atomic E-state index is 0.0439. The average molecular weight is 409 g/mol. The van der Waals surface area contributed by atoms with Crippen molar-refractivity contribution in [2.75, 3.05) is 18.4 Å². The fourth-order valence-corrected chi connectivity index (χ4v) is 3.41. The highest BCUT2D eigenvalue weighted by Gasteiger charge is 2.27. The Bertz CT molecular complexity index is 1000. The minimum atomic E-state index is -3.29. The SMILES string of the molecule is CC(=O)c1cc2cc(NCCCCCNS(=O)(=O)C(C)(C)C)ccc2oc1=O. The highest BCUT2D eigenvalue weighted by Crippen LogP contribution is 2.19. The number of benzene rings is 1. The molecule has 0 radical (unpaired) electrons. The number of hydrogen-bond acceptors (Lipinski definition) is 6. The summed E-state index contributed by atoms with van der Waals surface area (Å²) in [5, 5.41) is 3.97. The molecule has 8 heteroatoms. The van der Waals surface area contributed by atoms with Crippen LogP contribution in [-0.2, 0) is 10.0 Å². The van der Waals surface area contributed by atoms with Gasteiger partial charge in [0.25, 0.3) is 0 Å². The first-order valence-electron chi connectivity index (χ1n) is 9.33. The van der Waals surface area contributed by atoms with E-state index in [0.717, 1.165) is 31.5 Å². The molecule has 2 rings (SSSR count). The monoisotopic (exact) mass is 408 g/mol. The second kappa shape index (κ2) is 8.87. The van der Waals surface area contributed by atoms with E-state index in [0.29, 0.717) is 17.5 Å². The first kappa shape index (κ1) is 22.1. The molecule has 7 nitrogen and oxygen atoms in total. The third-order valence-corrected chi connectivity index (χ3v) is 6.59. The second-order valence-corrected chi connectivity index (χ2v) is 10.3. The van der Waals surface area contributed by atoms with Gasteiger partial charge in [-0.1, -0.05) is 6.42 Å². The maximum atomic E-state index is 11.9. The number of nitrogens with one attached hydrogen (secondary N) is 2. The largest absolute Gasteiger partial charge is 0.422 e. The van der Waals surface area contributed by atoms with E-state index in [1.807, 2.05) is 12.1 Å². The lowest BCUT2D eigenvalue weighted by Gasteiger charge is -2.19. The molecule has 0 spiro atoms. The zero-order chi connectivity index (χ0) is 20.9. The summed E-state index contributed by atoms with van der Waals surface area (Å²) in [4.78, 5) is 23.2. The molecule has 0 atom stereocenters. The Kier molecular flexibility index (Phi) is 7.01. The highest BCUT2D eigenvalue weighted by atomic mass is 32.2. The van der Waals surface area contributed by atoms with Crippen molar-refractivity contribution in [3.8, 4) is 0 Å². The van der Waals surface area contributed by atoms with Gasteiger partial charge in [-0.25, -0.2) is 17.9 Å². The van der Waals surface area contributed by atoms with Crippen LogP contribution in [0.5, 0.6) is 0 Å². The molecule has 0 saturated carbocycles. The molecular formula is C20H28N2O5S. The van der Waals surface area contributed by atoms with E-state index in [4.69, 9.17) is 4.42 Å². The predicted molar refractivity (Wildman–Crippen MR) is 112 cm³/mol. The van der Waals surface area contributed by atoms with E-state index in [9.17, 15) is 18.0 Å². The Labute approximate surface area is 165 Å². The first-order chi connectivity index (χ1) is 13.0. The molecule has 154 valence electrons. The van der Waals surface area contributed by atoms with E-state index in [1.54, 1.807) is 32.9 Å². The van der Waals surface area contributed by atoms with E-state index >= 15 is 0 Å². The van der Waals surface area contributed by atoms with Crippen molar-refractivity contribution in [3.05, 3.63) is 40.2 Å². The van der Waals surface area contributed by atoms with Crippen LogP contribution in [0.1, 0.15) is 57.3 Å². The van der Waals surface area contributed by atoms with E-state index in [-0.39, 0.29) is 11.3 Å². The Morgan fingerprint density at radius 3 is 2.39 bits per heavy atom. The predicted octanol–water partition coefficient (Wildman–Crippen LogP) is 3.30. The summed E-state index contributed by atoms with van der Waals surface area (Å²) >= 11 is 0. The lowest BCUT2D eigenvalue weighted by atomic mass is 10.1. The van der Waals surface area contributed by atoms with Gasteiger partial charge in [-0.2, -0.15) is 0 Å². The Morgan fingerprint density at radius 2 is 1.75 bits per heavy atom. The molecule has 0 aliphatic carbocycles. The summed E-state index contributed by atoms with van der Waals surface area (Å²) in [5.41, 5.74) is 0.723. The number of carbonyl (C=O) groups excluding carboxylic acids is 1. The second-order valence-electron chi connectivity index (χ2n) is 7.75. The average Bonchev–Trinajstić information content (AvgIpc) is 2.59. The molecule has 0 bridgehead atoms. The van der Waals surface area contributed by atoms with Gasteiger partial charge in [-0.15, -0.1) is 0 Å². The first-order valence-corrected chi connectivity index (χ1v) is 10.8. The van der Waals surface area contributed by atoms with Crippen LogP contribution in [0.25, 0.3) is 11.0 Å². The van der Waals surface area contributed by atoms with Crippen molar-refractivity contribution in [2.24, 2.45) is 0 Å². The van der Waals surface area contributed by atoms with Crippen molar-refractivity contribution in [2.45, 2.75) is 51.7 Å². The van der Waals surface area contributed by atoms with Gasteiger partial charge < -0.3 is 9.73 Å². The zero-order valence-corrected chi connectivity index (χ0v) is 17.6. The summed E-state index contributed by atoms with van der Waals surface area (Å²) in [7, 11) is -3.29. The lowest BCUT2D eigenvalue weighted by molar-refractivity contribution is 0.101. The maximum Gasteiger partial charge on any atom is 0.347 e. The van der Waals surface area contributed by atoms with Crippen molar-refractivity contribution in [1.82, 2.24) is 4.72 Å². The topological polar surface area (TPSA) is 105 Å². The van der Waals surface area contributed by atoms with Crippen molar-refractivity contribution < 1.29 is 17.6 Å². The van der Waals surface area contributed by atoms with Gasteiger partial charge >= 0.3 is 5.63 Å². The molecule has 0 aliphatic heterocycles. The molecule has 0 aliphatic rings. The van der Waals surface area contributed by atoms with Gasteiger partial charge in [0.15, 0.2) is 5.78 Å². The van der Waals surface area contributed by atoms with Crippen LogP contribution in [0, 0.1) is 0 Å². The molecule has 1 heterocycles. The molecule has 0 unspecified atom stereocenters. The number of fused-ring (bicyclic) bond motifs is 1. The third-order valence-electron chi connectivity index (χ3n) is 4.39. The van der Waals surface area contributed by atoms with Gasteiger partial charge in [0, 0.05) is 24.2 Å². The molecule has 2 aromatic rings. The Balaban J connectivity index is 1.82. The zero-order valence-electron chi connectivity index (χ0n) is 16.8. The number of unbranched alkanes of at least 4 members (excludes halogenated alkanes) is 2. The molecule has 1 aromatic heterocycles. The maximum absolute atomic E-state index is 11.9. The molecule has 0 fully saturated rings. The summed E-state index contributed by atoms with van der Waals surface area (Å²) in [6.07, 6.45) is 2.54. The summed E-state index contributed by atoms with van der Waals surface area (Å²) in [6.45, 7) is 7.52. The lowest BCUT2D eigenvalue weighted by Crippen LogP contribution is -2.39. The Morgan fingerprint density at radius 1 is 1.07 bits per heavy atom. The number of ketones is 1. The number of hydrogen-bond donors (Lipinski definition) is 2. The van der Waals surface area contributed by atoms with Gasteiger partial charge in [0.05, 0.1) is 4.75 Å². The van der Waals surface area contributed by atoms with E-state index < -0.39 is 20.4 Å². The van der Waals surface area contributed by atoms with Gasteiger partial charge in [-0.3, -0.25) is 4.79 Å². The number of rotatable bonds is 9. The van der Waals surface area contributed by atoms with Crippen LogP contribution in [0.2, 0.25) is 0 Å².